The second-order valence-corrected chi connectivity index (χ2v) is 4.09. The summed E-state index contributed by atoms with van der Waals surface area (Å²) in [7, 11) is 2.13. The Hall–Kier alpha value is -0.950. The molecule has 2 aliphatic rings. The van der Waals surface area contributed by atoms with E-state index < -0.39 is 0 Å². The van der Waals surface area contributed by atoms with Crippen molar-refractivity contribution in [1.29, 1.82) is 0 Å². The van der Waals surface area contributed by atoms with E-state index in [4.69, 9.17) is 11.6 Å². The van der Waals surface area contributed by atoms with Gasteiger partial charge in [-0.15, -0.1) is 0 Å². The Balaban J connectivity index is 2.25. The largest absolute Gasteiger partial charge is 0.367 e. The van der Waals surface area contributed by atoms with Crippen LogP contribution in [-0.2, 0) is 0 Å². The van der Waals surface area contributed by atoms with Gasteiger partial charge in [-0.25, -0.2) is 0 Å². The molecule has 0 saturated heterocycles. The zero-order valence-electron chi connectivity index (χ0n) is 7.37. The number of likely N-dealkylation sites (N-methyl/N-ethyl adjacent to an activating group) is 1. The Morgan fingerprint density at radius 1 is 1.31 bits per heavy atom. The maximum absolute atomic E-state index is 6.17. The SMILES string of the molecule is CN1c2cccc(Cl)c2C2C=CC21. The highest BCUT2D eigenvalue weighted by molar-refractivity contribution is 6.32. The third-order valence-corrected chi connectivity index (χ3v) is 3.40. The Kier molecular flexibility index (Phi) is 1.32. The van der Waals surface area contributed by atoms with Crippen molar-refractivity contribution in [2.24, 2.45) is 0 Å². The van der Waals surface area contributed by atoms with E-state index >= 15 is 0 Å². The number of anilines is 1. The van der Waals surface area contributed by atoms with Gasteiger partial charge in [0.25, 0.3) is 0 Å². The number of hydrogen-bond donors (Lipinski definition) is 0. The van der Waals surface area contributed by atoms with Crippen LogP contribution in [0, 0.1) is 0 Å². The number of hydrogen-bond acceptors (Lipinski definition) is 1. The molecule has 2 atom stereocenters. The highest BCUT2D eigenvalue weighted by atomic mass is 35.5. The topological polar surface area (TPSA) is 3.24 Å². The van der Waals surface area contributed by atoms with Crippen LogP contribution in [-0.4, -0.2) is 13.1 Å². The van der Waals surface area contributed by atoms with Crippen LogP contribution in [0.4, 0.5) is 5.69 Å². The fourth-order valence-corrected chi connectivity index (χ4v) is 2.58. The van der Waals surface area contributed by atoms with E-state index in [0.29, 0.717) is 12.0 Å². The van der Waals surface area contributed by atoms with Gasteiger partial charge < -0.3 is 4.90 Å². The third kappa shape index (κ3) is 0.781. The lowest BCUT2D eigenvalue weighted by Gasteiger charge is -2.28. The lowest BCUT2D eigenvalue weighted by Crippen LogP contribution is -2.32. The smallest absolute Gasteiger partial charge is 0.0574 e. The average Bonchev–Trinajstić information content (AvgIpc) is 2.23. The van der Waals surface area contributed by atoms with Crippen molar-refractivity contribution in [2.45, 2.75) is 12.0 Å². The molecular formula is C11H10ClN. The minimum atomic E-state index is 0.536. The van der Waals surface area contributed by atoms with Crippen LogP contribution in [0.2, 0.25) is 5.02 Å². The molecule has 3 rings (SSSR count). The van der Waals surface area contributed by atoms with E-state index in [1.165, 1.54) is 11.3 Å². The number of benzene rings is 1. The van der Waals surface area contributed by atoms with Crippen LogP contribution in [0.5, 0.6) is 0 Å². The maximum atomic E-state index is 6.17. The van der Waals surface area contributed by atoms with Crippen molar-refractivity contribution in [1.82, 2.24) is 0 Å². The van der Waals surface area contributed by atoms with Crippen molar-refractivity contribution in [3.05, 3.63) is 40.9 Å². The van der Waals surface area contributed by atoms with Crippen LogP contribution < -0.4 is 4.90 Å². The van der Waals surface area contributed by atoms with Crippen LogP contribution in [0.25, 0.3) is 0 Å². The van der Waals surface area contributed by atoms with Gasteiger partial charge >= 0.3 is 0 Å². The van der Waals surface area contributed by atoms with Crippen molar-refractivity contribution in [2.75, 3.05) is 11.9 Å². The summed E-state index contributed by atoms with van der Waals surface area (Å²) < 4.78 is 0. The molecule has 1 aromatic rings. The number of fused-ring (bicyclic) bond motifs is 3. The minimum Gasteiger partial charge on any atom is -0.367 e. The molecule has 1 heterocycles. The van der Waals surface area contributed by atoms with Gasteiger partial charge in [-0.2, -0.15) is 0 Å². The molecule has 1 aliphatic carbocycles. The summed E-state index contributed by atoms with van der Waals surface area (Å²) in [4.78, 5) is 2.30. The highest BCUT2D eigenvalue weighted by Gasteiger charge is 2.39. The minimum absolute atomic E-state index is 0.536. The second kappa shape index (κ2) is 2.30. The number of nitrogens with zero attached hydrogens (tertiary/aromatic N) is 1. The Morgan fingerprint density at radius 3 is 2.85 bits per heavy atom. The quantitative estimate of drug-likeness (QED) is 0.570. The first-order chi connectivity index (χ1) is 6.29. The third-order valence-electron chi connectivity index (χ3n) is 3.07. The van der Waals surface area contributed by atoms with E-state index in [0.717, 1.165) is 5.02 Å². The first-order valence-electron chi connectivity index (χ1n) is 4.48. The van der Waals surface area contributed by atoms with Crippen molar-refractivity contribution in [3.8, 4) is 0 Å². The zero-order valence-corrected chi connectivity index (χ0v) is 8.12. The Labute approximate surface area is 82.6 Å². The predicted octanol–water partition coefficient (Wildman–Crippen LogP) is 2.81. The summed E-state index contributed by atoms with van der Waals surface area (Å²) in [6.07, 6.45) is 4.47. The lowest BCUT2D eigenvalue weighted by atomic mass is 9.86. The maximum Gasteiger partial charge on any atom is 0.0574 e. The monoisotopic (exact) mass is 191 g/mol. The first-order valence-corrected chi connectivity index (χ1v) is 4.86. The zero-order chi connectivity index (χ0) is 9.00. The second-order valence-electron chi connectivity index (χ2n) is 3.68. The molecule has 66 valence electrons. The van der Waals surface area contributed by atoms with Crippen molar-refractivity contribution < 1.29 is 0 Å². The summed E-state index contributed by atoms with van der Waals surface area (Å²) >= 11 is 6.17. The van der Waals surface area contributed by atoms with Gasteiger partial charge in [-0.05, 0) is 12.1 Å². The molecule has 13 heavy (non-hydrogen) atoms. The van der Waals surface area contributed by atoms with Crippen LogP contribution >= 0.6 is 11.6 Å². The molecule has 0 N–H and O–H groups in total. The van der Waals surface area contributed by atoms with E-state index in [1.54, 1.807) is 0 Å². The van der Waals surface area contributed by atoms with E-state index in [-0.39, 0.29) is 0 Å². The molecule has 0 amide bonds. The van der Waals surface area contributed by atoms with Gasteiger partial charge in [0.05, 0.1) is 6.04 Å². The lowest BCUT2D eigenvalue weighted by molar-refractivity contribution is 0.673. The molecule has 0 bridgehead atoms. The van der Waals surface area contributed by atoms with Gasteiger partial charge in [0, 0.05) is 29.2 Å². The standard InChI is InChI=1S/C11H10ClN/c1-13-9-6-5-7(9)11-8(12)3-2-4-10(11)13/h2-7,9H,1H3. The molecule has 2 heteroatoms. The van der Waals surface area contributed by atoms with Crippen LogP contribution in [0.1, 0.15) is 11.5 Å². The van der Waals surface area contributed by atoms with Crippen molar-refractivity contribution >= 4 is 17.3 Å². The fourth-order valence-electron chi connectivity index (χ4n) is 2.28. The van der Waals surface area contributed by atoms with Gasteiger partial charge in [0.1, 0.15) is 0 Å². The molecule has 0 radical (unpaired) electrons. The summed E-state index contributed by atoms with van der Waals surface area (Å²) in [5.74, 6) is 0.536. The first kappa shape index (κ1) is 7.45. The molecule has 1 nitrogen and oxygen atoms in total. The fraction of sp³-hybridized carbons (Fsp3) is 0.273. The van der Waals surface area contributed by atoms with Crippen LogP contribution in [0.3, 0.4) is 0 Å². The van der Waals surface area contributed by atoms with E-state index in [9.17, 15) is 0 Å². The Morgan fingerprint density at radius 2 is 2.15 bits per heavy atom. The van der Waals surface area contributed by atoms with Crippen molar-refractivity contribution in [3.63, 3.8) is 0 Å². The molecule has 1 aromatic carbocycles. The van der Waals surface area contributed by atoms with Gasteiger partial charge in [-0.3, -0.25) is 0 Å². The molecule has 1 aliphatic heterocycles. The predicted molar refractivity (Wildman–Crippen MR) is 55.5 cm³/mol. The summed E-state index contributed by atoms with van der Waals surface area (Å²) in [6.45, 7) is 0. The molecule has 0 fully saturated rings. The highest BCUT2D eigenvalue weighted by Crippen LogP contribution is 2.48. The number of halogens is 1. The van der Waals surface area contributed by atoms with Crippen LogP contribution in [0.15, 0.2) is 30.4 Å². The van der Waals surface area contributed by atoms with Gasteiger partial charge in [0.15, 0.2) is 0 Å². The molecule has 0 saturated carbocycles. The molecule has 0 spiro atoms. The number of rotatable bonds is 0. The van der Waals surface area contributed by atoms with E-state index in [2.05, 4.69) is 30.2 Å². The normalized spacial score (nSPS) is 28.3. The molecule has 2 unspecified atom stereocenters. The Bertz CT molecular complexity index is 397. The van der Waals surface area contributed by atoms with Gasteiger partial charge in [0.2, 0.25) is 0 Å². The molecule has 0 aromatic heterocycles. The van der Waals surface area contributed by atoms with E-state index in [1.807, 2.05) is 12.1 Å². The summed E-state index contributed by atoms with van der Waals surface area (Å²) in [5.41, 5.74) is 2.59. The summed E-state index contributed by atoms with van der Waals surface area (Å²) in [6, 6.07) is 6.68. The average molecular weight is 192 g/mol. The summed E-state index contributed by atoms with van der Waals surface area (Å²) in [5, 5.41) is 0.904. The molecular weight excluding hydrogens is 182 g/mol. The van der Waals surface area contributed by atoms with Gasteiger partial charge in [-0.1, -0.05) is 29.8 Å².